The number of primary amides is 1. The van der Waals surface area contributed by atoms with Crippen LogP contribution in [0.1, 0.15) is 51.5 Å². The van der Waals surface area contributed by atoms with Gasteiger partial charge in [0.25, 0.3) is 0 Å². The Bertz CT molecular complexity index is 427. The summed E-state index contributed by atoms with van der Waals surface area (Å²) in [6.07, 6.45) is 2.61. The molecule has 0 aliphatic rings. The molecule has 0 spiro atoms. The summed E-state index contributed by atoms with van der Waals surface area (Å²) >= 11 is 1.84. The van der Waals surface area contributed by atoms with Gasteiger partial charge in [-0.05, 0) is 49.1 Å². The Kier molecular flexibility index (Phi) is 6.56. The number of carbonyl (C=O) groups is 1. The van der Waals surface area contributed by atoms with Gasteiger partial charge >= 0.3 is 0 Å². The van der Waals surface area contributed by atoms with Gasteiger partial charge in [0.1, 0.15) is 0 Å². The van der Waals surface area contributed by atoms with Crippen LogP contribution >= 0.6 is 11.8 Å². The smallest absolute Gasteiger partial charge is 0.237 e. The molecule has 3 nitrogen and oxygen atoms in total. The zero-order chi connectivity index (χ0) is 15.2. The minimum Gasteiger partial charge on any atom is -0.368 e. The van der Waals surface area contributed by atoms with Crippen LogP contribution in [0.3, 0.4) is 0 Å². The Hall–Kier alpha value is -1.00. The third-order valence-corrected chi connectivity index (χ3v) is 4.57. The lowest BCUT2D eigenvalue weighted by Crippen LogP contribution is -2.49. The molecule has 1 rings (SSSR count). The molecule has 1 amide bonds. The average Bonchev–Trinajstić information content (AvgIpc) is 2.38. The highest BCUT2D eigenvalue weighted by Crippen LogP contribution is 2.23. The Labute approximate surface area is 126 Å². The molecular weight excluding hydrogens is 268 g/mol. The van der Waals surface area contributed by atoms with Gasteiger partial charge in [-0.25, -0.2) is 0 Å². The van der Waals surface area contributed by atoms with E-state index < -0.39 is 11.4 Å². The van der Waals surface area contributed by atoms with E-state index in [1.165, 1.54) is 10.5 Å². The molecule has 1 aromatic rings. The van der Waals surface area contributed by atoms with Gasteiger partial charge in [0.05, 0.1) is 5.54 Å². The number of hydrogen-bond donors (Lipinski definition) is 2. The third kappa shape index (κ3) is 5.55. The van der Waals surface area contributed by atoms with Gasteiger partial charge in [0.2, 0.25) is 5.91 Å². The van der Waals surface area contributed by atoms with Crippen LogP contribution in [-0.2, 0) is 4.79 Å². The van der Waals surface area contributed by atoms with Crippen LogP contribution in [0, 0.1) is 0 Å². The van der Waals surface area contributed by atoms with Gasteiger partial charge in [-0.1, -0.05) is 32.4 Å². The molecule has 0 aromatic heterocycles. The maximum Gasteiger partial charge on any atom is 0.237 e. The van der Waals surface area contributed by atoms with Gasteiger partial charge in [-0.3, -0.25) is 4.79 Å². The van der Waals surface area contributed by atoms with E-state index in [0.717, 1.165) is 18.6 Å². The fourth-order valence-electron chi connectivity index (χ4n) is 1.86. The second-order valence-electron chi connectivity index (χ2n) is 5.81. The van der Waals surface area contributed by atoms with E-state index in [-0.39, 0.29) is 0 Å². The van der Waals surface area contributed by atoms with E-state index in [1.807, 2.05) is 11.8 Å². The quantitative estimate of drug-likeness (QED) is 0.571. The zero-order valence-electron chi connectivity index (χ0n) is 12.7. The minimum atomic E-state index is -0.871. The number of nitrogens with two attached hydrogens (primary N) is 2. The van der Waals surface area contributed by atoms with E-state index in [0.29, 0.717) is 12.3 Å². The van der Waals surface area contributed by atoms with Crippen molar-refractivity contribution >= 4 is 17.7 Å². The van der Waals surface area contributed by atoms with Crippen molar-refractivity contribution in [3.05, 3.63) is 29.8 Å². The lowest BCUT2D eigenvalue weighted by molar-refractivity contribution is -0.122. The molecule has 0 fully saturated rings. The van der Waals surface area contributed by atoms with E-state index in [4.69, 9.17) is 11.5 Å². The standard InChI is InChI=1S/C16H26N2OS/c1-12(2)13-6-8-14(9-7-13)20-11-5-4-10-16(3,18)15(17)19/h6-9,12H,4-5,10-11,18H2,1-3H3,(H2,17,19). The minimum absolute atomic E-state index is 0.422. The summed E-state index contributed by atoms with van der Waals surface area (Å²) in [6.45, 7) is 6.10. The predicted molar refractivity (Wildman–Crippen MR) is 86.9 cm³/mol. The Morgan fingerprint density at radius 3 is 2.35 bits per heavy atom. The Morgan fingerprint density at radius 1 is 1.25 bits per heavy atom. The molecule has 1 atom stereocenters. The number of amides is 1. The Balaban J connectivity index is 2.26. The molecule has 0 heterocycles. The molecule has 0 radical (unpaired) electrons. The summed E-state index contributed by atoms with van der Waals surface area (Å²) in [6, 6.07) is 8.74. The predicted octanol–water partition coefficient (Wildman–Crippen LogP) is 3.28. The van der Waals surface area contributed by atoms with Crippen molar-refractivity contribution in [3.8, 4) is 0 Å². The van der Waals surface area contributed by atoms with E-state index in [9.17, 15) is 4.79 Å². The number of rotatable bonds is 8. The van der Waals surface area contributed by atoms with Gasteiger partial charge in [0, 0.05) is 4.90 Å². The number of unbranched alkanes of at least 4 members (excludes halogenated alkanes) is 1. The molecule has 112 valence electrons. The van der Waals surface area contributed by atoms with Crippen molar-refractivity contribution in [1.82, 2.24) is 0 Å². The number of thioether (sulfide) groups is 1. The molecule has 0 saturated heterocycles. The summed E-state index contributed by atoms with van der Waals surface area (Å²) in [5.41, 5.74) is 11.6. The first kappa shape index (κ1) is 17.1. The highest BCUT2D eigenvalue weighted by atomic mass is 32.2. The van der Waals surface area contributed by atoms with Gasteiger partial charge in [-0.15, -0.1) is 11.8 Å². The molecular formula is C16H26N2OS. The molecule has 20 heavy (non-hydrogen) atoms. The van der Waals surface area contributed by atoms with Crippen LogP contribution in [0.25, 0.3) is 0 Å². The highest BCUT2D eigenvalue weighted by molar-refractivity contribution is 7.99. The molecule has 4 N–H and O–H groups in total. The van der Waals surface area contributed by atoms with Crippen molar-refractivity contribution in [3.63, 3.8) is 0 Å². The summed E-state index contributed by atoms with van der Waals surface area (Å²) in [5.74, 6) is 1.19. The normalized spacial score (nSPS) is 14.2. The number of hydrogen-bond acceptors (Lipinski definition) is 3. The highest BCUT2D eigenvalue weighted by Gasteiger charge is 2.24. The van der Waals surface area contributed by atoms with Crippen LogP contribution in [-0.4, -0.2) is 17.2 Å². The largest absolute Gasteiger partial charge is 0.368 e. The van der Waals surface area contributed by atoms with Crippen LogP contribution in [0.5, 0.6) is 0 Å². The first-order chi connectivity index (χ1) is 9.33. The second kappa shape index (κ2) is 7.70. The van der Waals surface area contributed by atoms with Crippen molar-refractivity contribution in [2.75, 3.05) is 5.75 Å². The monoisotopic (exact) mass is 294 g/mol. The third-order valence-electron chi connectivity index (χ3n) is 3.47. The van der Waals surface area contributed by atoms with E-state index in [1.54, 1.807) is 6.92 Å². The van der Waals surface area contributed by atoms with Gasteiger partial charge in [0.15, 0.2) is 0 Å². The fourth-order valence-corrected chi connectivity index (χ4v) is 2.77. The first-order valence-electron chi connectivity index (χ1n) is 7.14. The van der Waals surface area contributed by atoms with Gasteiger partial charge < -0.3 is 11.5 Å². The van der Waals surface area contributed by atoms with Gasteiger partial charge in [-0.2, -0.15) is 0 Å². The summed E-state index contributed by atoms with van der Waals surface area (Å²) in [4.78, 5) is 12.4. The molecule has 0 bridgehead atoms. The molecule has 1 unspecified atom stereocenters. The number of benzene rings is 1. The summed E-state index contributed by atoms with van der Waals surface area (Å²) in [5, 5.41) is 0. The topological polar surface area (TPSA) is 69.1 Å². The zero-order valence-corrected chi connectivity index (χ0v) is 13.5. The Morgan fingerprint density at radius 2 is 1.85 bits per heavy atom. The lowest BCUT2D eigenvalue weighted by atomic mass is 9.96. The van der Waals surface area contributed by atoms with Crippen LogP contribution in [0.2, 0.25) is 0 Å². The lowest BCUT2D eigenvalue weighted by Gasteiger charge is -2.19. The summed E-state index contributed by atoms with van der Waals surface area (Å²) in [7, 11) is 0. The summed E-state index contributed by atoms with van der Waals surface area (Å²) < 4.78 is 0. The first-order valence-corrected chi connectivity index (χ1v) is 8.13. The molecule has 0 aliphatic carbocycles. The SMILES string of the molecule is CC(C)c1ccc(SCCCCC(C)(N)C(N)=O)cc1. The molecule has 1 aromatic carbocycles. The van der Waals surface area contributed by atoms with Crippen LogP contribution < -0.4 is 11.5 Å². The van der Waals surface area contributed by atoms with Crippen LogP contribution in [0.4, 0.5) is 0 Å². The molecule has 0 saturated carbocycles. The fraction of sp³-hybridized carbons (Fsp3) is 0.562. The second-order valence-corrected chi connectivity index (χ2v) is 6.98. The molecule has 4 heteroatoms. The van der Waals surface area contributed by atoms with E-state index in [2.05, 4.69) is 38.1 Å². The number of carbonyl (C=O) groups excluding carboxylic acids is 1. The van der Waals surface area contributed by atoms with Crippen molar-refractivity contribution in [1.29, 1.82) is 0 Å². The average molecular weight is 294 g/mol. The van der Waals surface area contributed by atoms with Crippen molar-refractivity contribution in [2.24, 2.45) is 11.5 Å². The van der Waals surface area contributed by atoms with E-state index >= 15 is 0 Å². The van der Waals surface area contributed by atoms with Crippen LogP contribution in [0.15, 0.2) is 29.2 Å². The van der Waals surface area contributed by atoms with Crippen molar-refractivity contribution in [2.45, 2.75) is 56.4 Å². The maximum absolute atomic E-state index is 11.1. The maximum atomic E-state index is 11.1. The van der Waals surface area contributed by atoms with Crippen molar-refractivity contribution < 1.29 is 4.79 Å². The molecule has 0 aliphatic heterocycles.